The molecule has 78 valence electrons. The Morgan fingerprint density at radius 2 is 2.21 bits per heavy atom. The lowest BCUT2D eigenvalue weighted by molar-refractivity contribution is 0.0352. The molecule has 0 aliphatic heterocycles. The number of thiazole rings is 1. The zero-order valence-electron chi connectivity index (χ0n) is 8.61. The number of ether oxygens (including phenoxy) is 1. The average Bonchev–Trinajstić information content (AvgIpc) is 2.74. The monoisotopic (exact) mass is 211 g/mol. The summed E-state index contributed by atoms with van der Waals surface area (Å²) >= 11 is 1.71. The summed E-state index contributed by atoms with van der Waals surface area (Å²) in [5.74, 6) is 0.694. The van der Waals surface area contributed by atoms with Crippen molar-refractivity contribution in [2.24, 2.45) is 5.92 Å². The van der Waals surface area contributed by atoms with Gasteiger partial charge in [-0.05, 0) is 18.8 Å². The van der Waals surface area contributed by atoms with Crippen LogP contribution in [-0.4, -0.2) is 12.1 Å². The Bertz CT molecular complexity index is 254. The minimum atomic E-state index is 0.246. The van der Waals surface area contributed by atoms with Crippen LogP contribution in [0.2, 0.25) is 0 Å². The second-order valence-corrected chi connectivity index (χ2v) is 4.85. The molecule has 14 heavy (non-hydrogen) atoms. The van der Waals surface area contributed by atoms with Crippen molar-refractivity contribution in [2.45, 2.75) is 38.2 Å². The Morgan fingerprint density at radius 1 is 1.43 bits per heavy atom. The highest BCUT2D eigenvalue weighted by Crippen LogP contribution is 2.36. The van der Waals surface area contributed by atoms with Gasteiger partial charge in [0.25, 0.3) is 0 Å². The van der Waals surface area contributed by atoms with E-state index in [-0.39, 0.29) is 6.10 Å². The molecule has 0 spiro atoms. The maximum Gasteiger partial charge on any atom is 0.122 e. The molecule has 0 radical (unpaired) electrons. The van der Waals surface area contributed by atoms with Gasteiger partial charge in [-0.2, -0.15) is 0 Å². The molecule has 2 rings (SSSR count). The molecule has 0 bridgehead atoms. The second-order valence-electron chi connectivity index (χ2n) is 3.92. The number of aromatic nitrogens is 1. The number of hydrogen-bond acceptors (Lipinski definition) is 3. The first-order chi connectivity index (χ1) is 6.92. The lowest BCUT2D eigenvalue weighted by Crippen LogP contribution is -2.17. The SMILES string of the molecule is COC(c1nccs1)C1CCCCC1. The summed E-state index contributed by atoms with van der Waals surface area (Å²) in [5, 5.41) is 3.18. The Labute approximate surface area is 89.3 Å². The van der Waals surface area contributed by atoms with Crippen LogP contribution in [0.3, 0.4) is 0 Å². The lowest BCUT2D eigenvalue weighted by atomic mass is 9.85. The molecule has 1 heterocycles. The average molecular weight is 211 g/mol. The Balaban J connectivity index is 2.04. The first-order valence-corrected chi connectivity index (χ1v) is 6.22. The Hall–Kier alpha value is -0.410. The van der Waals surface area contributed by atoms with E-state index in [0.717, 1.165) is 5.01 Å². The highest BCUT2D eigenvalue weighted by Gasteiger charge is 2.26. The zero-order valence-corrected chi connectivity index (χ0v) is 9.43. The van der Waals surface area contributed by atoms with E-state index in [9.17, 15) is 0 Å². The summed E-state index contributed by atoms with van der Waals surface area (Å²) in [7, 11) is 1.81. The molecule has 1 aliphatic carbocycles. The van der Waals surface area contributed by atoms with E-state index in [1.165, 1.54) is 32.1 Å². The Morgan fingerprint density at radius 3 is 2.79 bits per heavy atom. The highest BCUT2D eigenvalue weighted by atomic mass is 32.1. The van der Waals surface area contributed by atoms with Crippen molar-refractivity contribution in [3.63, 3.8) is 0 Å². The van der Waals surface area contributed by atoms with E-state index >= 15 is 0 Å². The Kier molecular flexibility index (Phi) is 3.54. The summed E-state index contributed by atoms with van der Waals surface area (Å²) in [6.07, 6.45) is 8.83. The van der Waals surface area contributed by atoms with Gasteiger partial charge in [-0.1, -0.05) is 19.3 Å². The van der Waals surface area contributed by atoms with Gasteiger partial charge in [0.2, 0.25) is 0 Å². The van der Waals surface area contributed by atoms with E-state index in [0.29, 0.717) is 5.92 Å². The van der Waals surface area contributed by atoms with Crippen LogP contribution in [0.5, 0.6) is 0 Å². The van der Waals surface area contributed by atoms with Crippen molar-refractivity contribution >= 4 is 11.3 Å². The third-order valence-corrected chi connectivity index (χ3v) is 3.86. The van der Waals surface area contributed by atoms with Gasteiger partial charge in [0.1, 0.15) is 11.1 Å². The summed E-state index contributed by atoms with van der Waals surface area (Å²) in [4.78, 5) is 4.36. The van der Waals surface area contributed by atoms with Crippen LogP contribution < -0.4 is 0 Å². The molecule has 1 aliphatic rings. The molecule has 1 fully saturated rings. The third-order valence-electron chi connectivity index (χ3n) is 3.03. The molecule has 3 heteroatoms. The highest BCUT2D eigenvalue weighted by molar-refractivity contribution is 7.09. The molecule has 0 N–H and O–H groups in total. The van der Waals surface area contributed by atoms with Gasteiger partial charge in [-0.15, -0.1) is 11.3 Å². The number of hydrogen-bond donors (Lipinski definition) is 0. The van der Waals surface area contributed by atoms with Crippen LogP contribution in [0.25, 0.3) is 0 Å². The lowest BCUT2D eigenvalue weighted by Gasteiger charge is -2.27. The van der Waals surface area contributed by atoms with E-state index in [1.807, 2.05) is 11.6 Å². The van der Waals surface area contributed by atoms with Crippen LogP contribution in [0.4, 0.5) is 0 Å². The van der Waals surface area contributed by atoms with Gasteiger partial charge >= 0.3 is 0 Å². The molecular formula is C11H17NOS. The fourth-order valence-electron chi connectivity index (χ4n) is 2.31. The predicted molar refractivity (Wildman–Crippen MR) is 58.4 cm³/mol. The summed E-state index contributed by atoms with van der Waals surface area (Å²) in [5.41, 5.74) is 0. The molecular weight excluding hydrogens is 194 g/mol. The van der Waals surface area contributed by atoms with Gasteiger partial charge in [-0.25, -0.2) is 4.98 Å². The molecule has 1 aromatic rings. The van der Waals surface area contributed by atoms with Gasteiger partial charge in [0.15, 0.2) is 0 Å². The van der Waals surface area contributed by atoms with Crippen LogP contribution in [0.1, 0.15) is 43.2 Å². The van der Waals surface area contributed by atoms with Crippen molar-refractivity contribution < 1.29 is 4.74 Å². The van der Waals surface area contributed by atoms with E-state index in [4.69, 9.17) is 4.74 Å². The zero-order chi connectivity index (χ0) is 9.80. The maximum absolute atomic E-state index is 5.58. The smallest absolute Gasteiger partial charge is 0.122 e. The topological polar surface area (TPSA) is 22.1 Å². The third kappa shape index (κ3) is 2.15. The van der Waals surface area contributed by atoms with Crippen molar-refractivity contribution in [3.05, 3.63) is 16.6 Å². The quantitative estimate of drug-likeness (QED) is 0.764. The van der Waals surface area contributed by atoms with Crippen molar-refractivity contribution in [1.82, 2.24) is 4.98 Å². The molecule has 1 aromatic heterocycles. The minimum Gasteiger partial charge on any atom is -0.374 e. The van der Waals surface area contributed by atoms with Crippen molar-refractivity contribution in [2.75, 3.05) is 7.11 Å². The summed E-state index contributed by atoms with van der Waals surface area (Å²) in [6, 6.07) is 0. The molecule has 1 unspecified atom stereocenters. The summed E-state index contributed by atoms with van der Waals surface area (Å²) in [6.45, 7) is 0. The van der Waals surface area contributed by atoms with Crippen molar-refractivity contribution in [3.8, 4) is 0 Å². The fraction of sp³-hybridized carbons (Fsp3) is 0.727. The molecule has 0 saturated heterocycles. The fourth-order valence-corrected chi connectivity index (χ4v) is 3.11. The van der Waals surface area contributed by atoms with Crippen molar-refractivity contribution in [1.29, 1.82) is 0 Å². The molecule has 1 saturated carbocycles. The number of nitrogens with zero attached hydrogens (tertiary/aromatic N) is 1. The standard InChI is InChI=1S/C11H17NOS/c1-13-10(11-12-7-8-14-11)9-5-3-2-4-6-9/h7-10H,2-6H2,1H3. The number of rotatable bonds is 3. The largest absolute Gasteiger partial charge is 0.374 e. The second kappa shape index (κ2) is 4.89. The van der Waals surface area contributed by atoms with Crippen LogP contribution in [-0.2, 0) is 4.74 Å². The first-order valence-electron chi connectivity index (χ1n) is 5.34. The minimum absolute atomic E-state index is 0.246. The van der Waals surface area contributed by atoms with Gasteiger partial charge in [-0.3, -0.25) is 0 Å². The molecule has 1 atom stereocenters. The van der Waals surface area contributed by atoms with Gasteiger partial charge in [0, 0.05) is 18.7 Å². The van der Waals surface area contributed by atoms with E-state index in [1.54, 1.807) is 18.4 Å². The number of methoxy groups -OCH3 is 1. The van der Waals surface area contributed by atoms with E-state index in [2.05, 4.69) is 4.98 Å². The molecule has 2 nitrogen and oxygen atoms in total. The van der Waals surface area contributed by atoms with E-state index < -0.39 is 0 Å². The van der Waals surface area contributed by atoms with Crippen LogP contribution in [0, 0.1) is 5.92 Å². The predicted octanol–water partition coefficient (Wildman–Crippen LogP) is 3.41. The summed E-state index contributed by atoms with van der Waals surface area (Å²) < 4.78 is 5.58. The van der Waals surface area contributed by atoms with Crippen LogP contribution >= 0.6 is 11.3 Å². The van der Waals surface area contributed by atoms with Gasteiger partial charge in [0.05, 0.1) is 0 Å². The normalized spacial score (nSPS) is 20.9. The maximum atomic E-state index is 5.58. The van der Waals surface area contributed by atoms with Crippen LogP contribution in [0.15, 0.2) is 11.6 Å². The van der Waals surface area contributed by atoms with Gasteiger partial charge < -0.3 is 4.74 Å². The first kappa shape index (κ1) is 10.1. The molecule has 0 amide bonds. The molecule has 0 aromatic carbocycles.